The number of amides is 4. The summed E-state index contributed by atoms with van der Waals surface area (Å²) < 4.78 is 0. The van der Waals surface area contributed by atoms with E-state index in [2.05, 4.69) is 0 Å². The Bertz CT molecular complexity index is 1040. The van der Waals surface area contributed by atoms with Crippen molar-refractivity contribution >= 4 is 34.4 Å². The fourth-order valence-corrected chi connectivity index (χ4v) is 4.92. The molecule has 0 unspecified atom stereocenters. The third-order valence-corrected chi connectivity index (χ3v) is 6.64. The summed E-state index contributed by atoms with van der Waals surface area (Å²) >= 11 is 0. The lowest BCUT2D eigenvalue weighted by atomic mass is 9.77. The Hall–Kier alpha value is -3.02. The number of hydrogen-bond donors (Lipinski definition) is 0. The summed E-state index contributed by atoms with van der Waals surface area (Å²) in [5.41, 5.74) is 4.44. The van der Waals surface area contributed by atoms with Gasteiger partial charge in [-0.1, -0.05) is 0 Å². The number of imide groups is 2. The number of benzene rings is 2. The molecule has 0 saturated carbocycles. The quantitative estimate of drug-likeness (QED) is 0.704. The van der Waals surface area contributed by atoms with Crippen molar-refractivity contribution in [3.8, 4) is 0 Å². The van der Waals surface area contributed by atoms with Crippen LogP contribution in [0.25, 0.3) is 10.8 Å². The van der Waals surface area contributed by atoms with Crippen molar-refractivity contribution < 1.29 is 19.2 Å². The molecule has 6 heteroatoms. The van der Waals surface area contributed by atoms with E-state index in [1.165, 1.54) is 9.80 Å². The van der Waals surface area contributed by atoms with E-state index in [4.69, 9.17) is 0 Å². The number of carbonyl (C=O) groups is 4. The second-order valence-electron chi connectivity index (χ2n) is 8.90. The molecule has 2 aromatic rings. The Morgan fingerprint density at radius 2 is 0.667 bits per heavy atom. The molecule has 0 aromatic heterocycles. The molecule has 0 radical (unpaired) electrons. The monoisotopic (exact) mass is 406 g/mol. The van der Waals surface area contributed by atoms with Crippen LogP contribution in [0, 0.1) is 27.7 Å². The highest BCUT2D eigenvalue weighted by Crippen LogP contribution is 2.44. The minimum absolute atomic E-state index is 0.306. The predicted octanol–water partition coefficient (Wildman–Crippen LogP) is 4.08. The Kier molecular flexibility index (Phi) is 4.21. The zero-order valence-corrected chi connectivity index (χ0v) is 18.7. The van der Waals surface area contributed by atoms with Gasteiger partial charge in [-0.2, -0.15) is 0 Å². The maximum Gasteiger partial charge on any atom is 0.261 e. The Labute approximate surface area is 175 Å². The van der Waals surface area contributed by atoms with Crippen molar-refractivity contribution in [2.75, 3.05) is 0 Å². The molecule has 2 aromatic carbocycles. The average Bonchev–Trinajstić information content (AvgIpc) is 2.63. The Morgan fingerprint density at radius 1 is 0.467 bits per heavy atom. The zero-order valence-electron chi connectivity index (χ0n) is 18.7. The van der Waals surface area contributed by atoms with Gasteiger partial charge in [0, 0.05) is 22.9 Å². The lowest BCUT2D eigenvalue weighted by molar-refractivity contribution is 0.0539. The van der Waals surface area contributed by atoms with Crippen LogP contribution in [-0.2, 0) is 0 Å². The first-order chi connectivity index (χ1) is 13.9. The van der Waals surface area contributed by atoms with Crippen molar-refractivity contribution in [1.82, 2.24) is 9.80 Å². The molecule has 6 nitrogen and oxygen atoms in total. The van der Waals surface area contributed by atoms with E-state index in [0.717, 1.165) is 0 Å². The van der Waals surface area contributed by atoms with Crippen LogP contribution in [0.2, 0.25) is 0 Å². The third-order valence-electron chi connectivity index (χ3n) is 6.64. The smallest absolute Gasteiger partial charge is 0.261 e. The minimum Gasteiger partial charge on any atom is -0.272 e. The van der Waals surface area contributed by atoms with E-state index in [-0.39, 0.29) is 35.7 Å². The standard InChI is InChI=1S/C24H26N2O4/c1-9(2)25-21(27)15-11(5)13(7)17-20-18(24(30)26(10(3)4)23(17)29)14(8)12(6)16(19(15)20)22(25)28/h9-10H,1-8H3. The first-order valence-electron chi connectivity index (χ1n) is 10.3. The van der Waals surface area contributed by atoms with E-state index in [1.807, 2.05) is 55.4 Å². The second-order valence-corrected chi connectivity index (χ2v) is 8.90. The van der Waals surface area contributed by atoms with Crippen LogP contribution >= 0.6 is 0 Å². The van der Waals surface area contributed by atoms with Gasteiger partial charge in [-0.25, -0.2) is 0 Å². The molecule has 0 spiro atoms. The van der Waals surface area contributed by atoms with Crippen LogP contribution in [0.1, 0.15) is 91.4 Å². The molecule has 0 bridgehead atoms. The molecule has 0 saturated heterocycles. The highest BCUT2D eigenvalue weighted by molar-refractivity contribution is 6.35. The largest absolute Gasteiger partial charge is 0.272 e. The van der Waals surface area contributed by atoms with E-state index in [1.54, 1.807) is 0 Å². The van der Waals surface area contributed by atoms with Crippen LogP contribution in [-0.4, -0.2) is 45.5 Å². The molecular formula is C24H26N2O4. The minimum atomic E-state index is -0.366. The topological polar surface area (TPSA) is 74.8 Å². The van der Waals surface area contributed by atoms with Gasteiger partial charge >= 0.3 is 0 Å². The summed E-state index contributed by atoms with van der Waals surface area (Å²) in [7, 11) is 0. The van der Waals surface area contributed by atoms with Crippen molar-refractivity contribution in [2.24, 2.45) is 0 Å². The molecule has 0 N–H and O–H groups in total. The van der Waals surface area contributed by atoms with E-state index in [0.29, 0.717) is 55.3 Å². The van der Waals surface area contributed by atoms with Crippen molar-refractivity contribution in [3.05, 3.63) is 44.5 Å². The summed E-state index contributed by atoms with van der Waals surface area (Å²) in [5, 5.41) is 0.923. The van der Waals surface area contributed by atoms with E-state index < -0.39 is 0 Å². The molecule has 30 heavy (non-hydrogen) atoms. The van der Waals surface area contributed by atoms with Gasteiger partial charge in [0.15, 0.2) is 0 Å². The van der Waals surface area contributed by atoms with Crippen LogP contribution in [0.5, 0.6) is 0 Å². The molecule has 2 aliphatic rings. The van der Waals surface area contributed by atoms with Gasteiger partial charge in [0.25, 0.3) is 23.6 Å². The van der Waals surface area contributed by atoms with Gasteiger partial charge in [0.05, 0.1) is 22.3 Å². The van der Waals surface area contributed by atoms with Crippen LogP contribution in [0.15, 0.2) is 0 Å². The first kappa shape index (κ1) is 20.3. The lowest BCUT2D eigenvalue weighted by Gasteiger charge is -2.37. The van der Waals surface area contributed by atoms with Gasteiger partial charge in [0.1, 0.15) is 0 Å². The molecule has 156 valence electrons. The summed E-state index contributed by atoms with van der Waals surface area (Å²) in [6, 6.07) is -0.612. The van der Waals surface area contributed by atoms with Gasteiger partial charge in [-0.15, -0.1) is 0 Å². The Balaban J connectivity index is 2.31. The number of rotatable bonds is 2. The lowest BCUT2D eigenvalue weighted by Crippen LogP contribution is -2.48. The number of carbonyl (C=O) groups excluding carboxylic acids is 4. The molecule has 0 atom stereocenters. The maximum atomic E-state index is 13.4. The van der Waals surface area contributed by atoms with Crippen molar-refractivity contribution in [1.29, 1.82) is 0 Å². The summed E-state index contributed by atoms with van der Waals surface area (Å²) in [5.74, 6) is -1.46. The van der Waals surface area contributed by atoms with Crippen LogP contribution in [0.4, 0.5) is 0 Å². The second kappa shape index (κ2) is 6.24. The molecule has 2 aliphatic heterocycles. The van der Waals surface area contributed by atoms with E-state index >= 15 is 0 Å². The molecule has 0 aliphatic carbocycles. The zero-order chi connectivity index (χ0) is 22.4. The highest BCUT2D eigenvalue weighted by atomic mass is 16.2. The molecule has 4 amide bonds. The maximum absolute atomic E-state index is 13.4. The van der Waals surface area contributed by atoms with Gasteiger partial charge in [0.2, 0.25) is 0 Å². The van der Waals surface area contributed by atoms with Gasteiger partial charge in [-0.3, -0.25) is 29.0 Å². The van der Waals surface area contributed by atoms with Crippen LogP contribution < -0.4 is 0 Å². The normalized spacial score (nSPS) is 16.1. The molecular weight excluding hydrogens is 380 g/mol. The van der Waals surface area contributed by atoms with E-state index in [9.17, 15) is 19.2 Å². The summed E-state index contributed by atoms with van der Waals surface area (Å²) in [6.07, 6.45) is 0. The van der Waals surface area contributed by atoms with Gasteiger partial charge < -0.3 is 0 Å². The number of hydrogen-bond acceptors (Lipinski definition) is 4. The molecule has 4 rings (SSSR count). The fourth-order valence-electron chi connectivity index (χ4n) is 4.92. The predicted molar refractivity (Wildman–Crippen MR) is 114 cm³/mol. The summed E-state index contributed by atoms with van der Waals surface area (Å²) in [6.45, 7) is 14.5. The highest BCUT2D eigenvalue weighted by Gasteiger charge is 2.44. The van der Waals surface area contributed by atoms with Gasteiger partial charge in [-0.05, 0) is 77.6 Å². The third kappa shape index (κ3) is 2.19. The van der Waals surface area contributed by atoms with Crippen molar-refractivity contribution in [3.63, 3.8) is 0 Å². The van der Waals surface area contributed by atoms with Crippen LogP contribution in [0.3, 0.4) is 0 Å². The SMILES string of the molecule is Cc1c(C)c2c3c(c(C)c(C)c4c3c1C(=O)N(C(C)C)C4=O)C(=O)N(C(C)C)C2=O. The summed E-state index contributed by atoms with van der Waals surface area (Å²) in [4.78, 5) is 56.2. The average molecular weight is 406 g/mol. The van der Waals surface area contributed by atoms with Crippen molar-refractivity contribution in [2.45, 2.75) is 67.5 Å². The number of nitrogens with zero attached hydrogens (tertiary/aromatic N) is 2. The molecule has 2 heterocycles. The first-order valence-corrected chi connectivity index (χ1v) is 10.3. The molecule has 0 fully saturated rings. The Morgan fingerprint density at radius 3 is 0.833 bits per heavy atom. The fraction of sp³-hybridized carbons (Fsp3) is 0.417.